The predicted octanol–water partition coefficient (Wildman–Crippen LogP) is 0.781. The third-order valence-electron chi connectivity index (χ3n) is 4.45. The molecule has 106 valence electrons. The first-order valence-electron chi connectivity index (χ1n) is 7.31. The molecule has 1 atom stereocenters. The molecule has 0 radical (unpaired) electrons. The number of piperidine rings is 1. The van der Waals surface area contributed by atoms with E-state index in [4.69, 9.17) is 4.74 Å². The summed E-state index contributed by atoms with van der Waals surface area (Å²) in [6, 6.07) is 0.752. The van der Waals surface area contributed by atoms with Crippen molar-refractivity contribution >= 4 is 0 Å². The molecule has 0 amide bonds. The van der Waals surface area contributed by atoms with E-state index in [0.717, 1.165) is 25.7 Å². The Morgan fingerprint density at radius 3 is 2.50 bits per heavy atom. The molecule has 4 nitrogen and oxygen atoms in total. The molecular weight excluding hydrogens is 226 g/mol. The Bertz CT molecular complexity index is 239. The lowest BCUT2D eigenvalue weighted by atomic mass is 9.90. The van der Waals surface area contributed by atoms with E-state index in [2.05, 4.69) is 29.0 Å². The lowest BCUT2D eigenvalue weighted by Gasteiger charge is -2.44. The lowest BCUT2D eigenvalue weighted by molar-refractivity contribution is 0.0571. The highest BCUT2D eigenvalue weighted by molar-refractivity contribution is 4.90. The van der Waals surface area contributed by atoms with Gasteiger partial charge in [-0.25, -0.2) is 0 Å². The monoisotopic (exact) mass is 255 g/mol. The standard InChI is InChI=1S/C14H29N3O/c1-14(2)5-4-13(12-15-14)17-8-6-16(7-9-17)10-11-18-3/h13,15H,4-12H2,1-3H3. The fourth-order valence-corrected chi connectivity index (χ4v) is 3.00. The molecule has 0 bridgehead atoms. The van der Waals surface area contributed by atoms with Crippen LogP contribution in [0, 0.1) is 0 Å². The van der Waals surface area contributed by atoms with Crippen molar-refractivity contribution in [2.45, 2.75) is 38.3 Å². The number of nitrogens with one attached hydrogen (secondary N) is 1. The summed E-state index contributed by atoms with van der Waals surface area (Å²) >= 11 is 0. The molecule has 2 fully saturated rings. The van der Waals surface area contributed by atoms with Gasteiger partial charge >= 0.3 is 0 Å². The van der Waals surface area contributed by atoms with Crippen LogP contribution in [0.2, 0.25) is 0 Å². The lowest BCUT2D eigenvalue weighted by Crippen LogP contribution is -2.58. The molecule has 1 unspecified atom stereocenters. The Labute approximate surface area is 112 Å². The van der Waals surface area contributed by atoms with E-state index in [1.807, 2.05) is 0 Å². The molecule has 0 aromatic carbocycles. The van der Waals surface area contributed by atoms with Crippen molar-refractivity contribution < 1.29 is 4.74 Å². The van der Waals surface area contributed by atoms with Gasteiger partial charge in [-0.15, -0.1) is 0 Å². The van der Waals surface area contributed by atoms with Gasteiger partial charge in [0.2, 0.25) is 0 Å². The summed E-state index contributed by atoms with van der Waals surface area (Å²) in [4.78, 5) is 5.19. The van der Waals surface area contributed by atoms with Gasteiger partial charge in [-0.3, -0.25) is 9.80 Å². The highest BCUT2D eigenvalue weighted by Gasteiger charge is 2.30. The zero-order valence-corrected chi connectivity index (χ0v) is 12.2. The van der Waals surface area contributed by atoms with Crippen LogP contribution < -0.4 is 5.32 Å². The Morgan fingerprint density at radius 1 is 1.22 bits per heavy atom. The van der Waals surface area contributed by atoms with Crippen LogP contribution in [-0.4, -0.2) is 74.4 Å². The van der Waals surface area contributed by atoms with Crippen molar-refractivity contribution in [1.29, 1.82) is 0 Å². The topological polar surface area (TPSA) is 27.7 Å². The van der Waals surface area contributed by atoms with Crippen molar-refractivity contribution in [3.63, 3.8) is 0 Å². The van der Waals surface area contributed by atoms with Gasteiger partial charge in [-0.2, -0.15) is 0 Å². The fraction of sp³-hybridized carbons (Fsp3) is 1.00. The largest absolute Gasteiger partial charge is 0.383 e. The fourth-order valence-electron chi connectivity index (χ4n) is 3.00. The molecule has 0 aliphatic carbocycles. The quantitative estimate of drug-likeness (QED) is 0.803. The van der Waals surface area contributed by atoms with E-state index in [1.54, 1.807) is 7.11 Å². The zero-order valence-electron chi connectivity index (χ0n) is 12.2. The maximum Gasteiger partial charge on any atom is 0.0589 e. The van der Waals surface area contributed by atoms with Crippen LogP contribution in [0.1, 0.15) is 26.7 Å². The van der Waals surface area contributed by atoms with Crippen molar-refractivity contribution in [2.75, 3.05) is 53.0 Å². The number of hydrogen-bond acceptors (Lipinski definition) is 4. The van der Waals surface area contributed by atoms with Crippen LogP contribution in [-0.2, 0) is 4.74 Å². The van der Waals surface area contributed by atoms with Crippen LogP contribution in [0.15, 0.2) is 0 Å². The van der Waals surface area contributed by atoms with Crippen LogP contribution in [0.4, 0.5) is 0 Å². The second kappa shape index (κ2) is 6.33. The number of hydrogen-bond donors (Lipinski definition) is 1. The molecule has 0 spiro atoms. The van der Waals surface area contributed by atoms with Crippen molar-refractivity contribution in [1.82, 2.24) is 15.1 Å². The van der Waals surface area contributed by atoms with E-state index in [9.17, 15) is 0 Å². The minimum absolute atomic E-state index is 0.344. The summed E-state index contributed by atoms with van der Waals surface area (Å²) in [5.41, 5.74) is 0.344. The molecule has 2 rings (SSSR count). The van der Waals surface area contributed by atoms with Gasteiger partial charge in [0, 0.05) is 58.0 Å². The maximum atomic E-state index is 5.15. The van der Waals surface area contributed by atoms with Crippen molar-refractivity contribution in [3.05, 3.63) is 0 Å². The maximum absolute atomic E-state index is 5.15. The van der Waals surface area contributed by atoms with Crippen LogP contribution in [0.25, 0.3) is 0 Å². The second-order valence-electron chi connectivity index (χ2n) is 6.33. The van der Waals surface area contributed by atoms with Gasteiger partial charge in [0.05, 0.1) is 6.61 Å². The van der Waals surface area contributed by atoms with Gasteiger partial charge in [-0.05, 0) is 26.7 Å². The molecule has 2 aliphatic heterocycles. The highest BCUT2D eigenvalue weighted by atomic mass is 16.5. The summed E-state index contributed by atoms with van der Waals surface area (Å²) in [7, 11) is 1.78. The first-order valence-corrected chi connectivity index (χ1v) is 7.31. The van der Waals surface area contributed by atoms with Gasteiger partial charge in [0.25, 0.3) is 0 Å². The number of nitrogens with zero attached hydrogens (tertiary/aromatic N) is 2. The predicted molar refractivity (Wildman–Crippen MR) is 75.0 cm³/mol. The summed E-state index contributed by atoms with van der Waals surface area (Å²) in [5.74, 6) is 0. The summed E-state index contributed by atoms with van der Waals surface area (Å²) in [6.07, 6.45) is 2.64. The van der Waals surface area contributed by atoms with E-state index in [1.165, 1.54) is 39.0 Å². The van der Waals surface area contributed by atoms with Gasteiger partial charge in [0.1, 0.15) is 0 Å². The Hall–Kier alpha value is -0.160. The number of piperazine rings is 1. The SMILES string of the molecule is COCCN1CCN(C2CCC(C)(C)NC2)CC1. The number of ether oxygens (including phenoxy) is 1. The summed E-state index contributed by atoms with van der Waals surface area (Å²) < 4.78 is 5.15. The average molecular weight is 255 g/mol. The van der Waals surface area contributed by atoms with E-state index in [0.29, 0.717) is 5.54 Å². The molecule has 4 heteroatoms. The first-order chi connectivity index (χ1) is 8.61. The van der Waals surface area contributed by atoms with Gasteiger partial charge in [-0.1, -0.05) is 0 Å². The smallest absolute Gasteiger partial charge is 0.0589 e. The van der Waals surface area contributed by atoms with E-state index < -0.39 is 0 Å². The van der Waals surface area contributed by atoms with Crippen LogP contribution in [0.3, 0.4) is 0 Å². The molecule has 2 heterocycles. The Kier molecular flexibility index (Phi) is 5.01. The second-order valence-corrected chi connectivity index (χ2v) is 6.33. The van der Waals surface area contributed by atoms with Crippen LogP contribution in [0.5, 0.6) is 0 Å². The van der Waals surface area contributed by atoms with Gasteiger partial charge in [0.15, 0.2) is 0 Å². The zero-order chi connectivity index (χ0) is 13.0. The Balaban J connectivity index is 1.70. The molecule has 1 N–H and O–H groups in total. The summed E-state index contributed by atoms with van der Waals surface area (Å²) in [6.45, 7) is 12.6. The molecule has 2 saturated heterocycles. The molecule has 0 aromatic heterocycles. The molecule has 18 heavy (non-hydrogen) atoms. The summed E-state index contributed by atoms with van der Waals surface area (Å²) in [5, 5.41) is 3.68. The van der Waals surface area contributed by atoms with Crippen LogP contribution >= 0.6 is 0 Å². The average Bonchev–Trinajstić information content (AvgIpc) is 2.37. The van der Waals surface area contributed by atoms with E-state index in [-0.39, 0.29) is 0 Å². The van der Waals surface area contributed by atoms with Crippen molar-refractivity contribution in [2.24, 2.45) is 0 Å². The molecule has 0 aromatic rings. The molecular formula is C14H29N3O. The molecule has 2 aliphatic rings. The minimum atomic E-state index is 0.344. The van der Waals surface area contributed by atoms with Gasteiger partial charge < -0.3 is 10.1 Å². The van der Waals surface area contributed by atoms with E-state index >= 15 is 0 Å². The molecule has 0 saturated carbocycles. The number of methoxy groups -OCH3 is 1. The highest BCUT2D eigenvalue weighted by Crippen LogP contribution is 2.22. The minimum Gasteiger partial charge on any atom is -0.383 e. The third kappa shape index (κ3) is 3.92. The number of rotatable bonds is 4. The first kappa shape index (κ1) is 14.3. The Morgan fingerprint density at radius 2 is 1.94 bits per heavy atom. The van der Waals surface area contributed by atoms with Crippen molar-refractivity contribution in [3.8, 4) is 0 Å². The third-order valence-corrected chi connectivity index (χ3v) is 4.45. The normalized spacial score (nSPS) is 30.5.